The number of nitrogens with zero attached hydrogens (tertiary/aromatic N) is 1. The molecule has 0 radical (unpaired) electrons. The van der Waals surface area contributed by atoms with Crippen molar-refractivity contribution in [2.75, 3.05) is 6.54 Å². The zero-order valence-corrected chi connectivity index (χ0v) is 12.7. The average Bonchev–Trinajstić information content (AvgIpc) is 2.48. The van der Waals surface area contributed by atoms with Crippen molar-refractivity contribution in [3.8, 4) is 6.07 Å². The molecule has 1 fully saturated rings. The second-order valence-corrected chi connectivity index (χ2v) is 6.37. The number of hydrogen-bond acceptors (Lipinski definition) is 3. The van der Waals surface area contributed by atoms with Gasteiger partial charge in [-0.25, -0.2) is 4.39 Å². The van der Waals surface area contributed by atoms with Gasteiger partial charge in [0.2, 0.25) is 0 Å². The predicted octanol–water partition coefficient (Wildman–Crippen LogP) is 3.29. The zero-order valence-electron chi connectivity index (χ0n) is 12.7. The van der Waals surface area contributed by atoms with Crippen molar-refractivity contribution >= 4 is 0 Å². The van der Waals surface area contributed by atoms with Gasteiger partial charge in [-0.05, 0) is 31.9 Å². The molecule has 2 rings (SSSR count). The molecule has 1 aromatic carbocycles. The van der Waals surface area contributed by atoms with Crippen molar-refractivity contribution in [2.24, 2.45) is 5.41 Å². The first-order chi connectivity index (χ1) is 9.96. The number of rotatable bonds is 4. The normalized spacial score (nSPS) is 27.1. The van der Waals surface area contributed by atoms with Crippen LogP contribution in [0.4, 0.5) is 4.39 Å². The van der Waals surface area contributed by atoms with E-state index in [4.69, 9.17) is 5.26 Å². The van der Waals surface area contributed by atoms with E-state index in [-0.39, 0.29) is 23.4 Å². The largest absolute Gasteiger partial charge is 0.393 e. The first kappa shape index (κ1) is 15.9. The van der Waals surface area contributed by atoms with Crippen LogP contribution >= 0.6 is 0 Å². The maximum absolute atomic E-state index is 14.0. The lowest BCUT2D eigenvalue weighted by atomic mass is 9.73. The third kappa shape index (κ3) is 3.61. The molecule has 0 saturated heterocycles. The fraction of sp³-hybridized carbons (Fsp3) is 0.588. The Balaban J connectivity index is 2.01. The molecule has 3 atom stereocenters. The molecule has 1 aliphatic carbocycles. The molecule has 0 heterocycles. The van der Waals surface area contributed by atoms with E-state index in [9.17, 15) is 9.50 Å². The van der Waals surface area contributed by atoms with Gasteiger partial charge in [-0.2, -0.15) is 5.26 Å². The summed E-state index contributed by atoms with van der Waals surface area (Å²) in [5.41, 5.74) is 0.747. The fourth-order valence-electron chi connectivity index (χ4n) is 3.03. The molecule has 0 amide bonds. The average molecular weight is 290 g/mol. The Hall–Kier alpha value is -1.44. The Morgan fingerprint density at radius 3 is 2.90 bits per heavy atom. The summed E-state index contributed by atoms with van der Waals surface area (Å²) in [4.78, 5) is 0. The lowest BCUT2D eigenvalue weighted by Crippen LogP contribution is -2.44. The first-order valence-electron chi connectivity index (χ1n) is 7.57. The minimum Gasteiger partial charge on any atom is -0.393 e. The summed E-state index contributed by atoms with van der Waals surface area (Å²) in [7, 11) is 0. The fourth-order valence-corrected chi connectivity index (χ4v) is 3.03. The molecule has 1 saturated carbocycles. The highest BCUT2D eigenvalue weighted by atomic mass is 19.1. The van der Waals surface area contributed by atoms with Gasteiger partial charge in [-0.1, -0.05) is 25.8 Å². The predicted molar refractivity (Wildman–Crippen MR) is 80.1 cm³/mol. The van der Waals surface area contributed by atoms with Gasteiger partial charge < -0.3 is 10.4 Å². The van der Waals surface area contributed by atoms with Gasteiger partial charge in [-0.15, -0.1) is 0 Å². The highest BCUT2D eigenvalue weighted by Crippen LogP contribution is 2.36. The van der Waals surface area contributed by atoms with Crippen LogP contribution in [0.5, 0.6) is 0 Å². The Morgan fingerprint density at radius 2 is 2.29 bits per heavy atom. The van der Waals surface area contributed by atoms with Crippen molar-refractivity contribution < 1.29 is 9.50 Å². The summed E-state index contributed by atoms with van der Waals surface area (Å²) >= 11 is 0. The third-order valence-corrected chi connectivity index (χ3v) is 4.69. The summed E-state index contributed by atoms with van der Waals surface area (Å²) in [5, 5.41) is 22.3. The van der Waals surface area contributed by atoms with Gasteiger partial charge in [0.15, 0.2) is 0 Å². The van der Waals surface area contributed by atoms with E-state index in [1.165, 1.54) is 6.07 Å². The maximum Gasteiger partial charge on any atom is 0.129 e. The summed E-state index contributed by atoms with van der Waals surface area (Å²) in [6.45, 7) is 4.66. The Labute approximate surface area is 125 Å². The molecule has 1 aromatic rings. The molecule has 4 heteroatoms. The van der Waals surface area contributed by atoms with E-state index < -0.39 is 0 Å². The topological polar surface area (TPSA) is 56.0 Å². The van der Waals surface area contributed by atoms with E-state index in [2.05, 4.69) is 12.2 Å². The third-order valence-electron chi connectivity index (χ3n) is 4.69. The van der Waals surface area contributed by atoms with Crippen LogP contribution in [0, 0.1) is 22.6 Å². The summed E-state index contributed by atoms with van der Waals surface area (Å²) in [6, 6.07) is 6.35. The number of nitriles is 1. The standard InChI is InChI=1S/C17H23FN2O/c1-12(14-7-6-13(10-19)9-15(14)18)20-11-17(2)8-4-3-5-16(17)21/h6-7,9,12,16,20-21H,3-5,8,11H2,1-2H3. The summed E-state index contributed by atoms with van der Waals surface area (Å²) in [6.07, 6.45) is 3.75. The highest BCUT2D eigenvalue weighted by Gasteiger charge is 2.35. The van der Waals surface area contributed by atoms with E-state index in [1.807, 2.05) is 13.0 Å². The summed E-state index contributed by atoms with van der Waals surface area (Å²) in [5.74, 6) is -0.358. The molecule has 114 valence electrons. The molecule has 3 nitrogen and oxygen atoms in total. The summed E-state index contributed by atoms with van der Waals surface area (Å²) < 4.78 is 14.0. The van der Waals surface area contributed by atoms with E-state index in [0.29, 0.717) is 17.7 Å². The van der Waals surface area contributed by atoms with Crippen LogP contribution in [-0.2, 0) is 0 Å². The molecule has 1 aliphatic rings. The smallest absolute Gasteiger partial charge is 0.129 e. The van der Waals surface area contributed by atoms with Gasteiger partial charge in [0.25, 0.3) is 0 Å². The highest BCUT2D eigenvalue weighted by molar-refractivity contribution is 5.34. The Kier molecular flexibility index (Phi) is 4.97. The number of halogens is 1. The second-order valence-electron chi connectivity index (χ2n) is 6.37. The van der Waals surface area contributed by atoms with Gasteiger partial charge in [0, 0.05) is 23.6 Å². The van der Waals surface area contributed by atoms with Gasteiger partial charge in [0.05, 0.1) is 17.7 Å². The molecule has 0 bridgehead atoms. The number of aliphatic hydroxyl groups excluding tert-OH is 1. The van der Waals surface area contributed by atoms with Crippen LogP contribution in [0.2, 0.25) is 0 Å². The Bertz CT molecular complexity index is 540. The quantitative estimate of drug-likeness (QED) is 0.894. The molecule has 2 N–H and O–H groups in total. The van der Waals surface area contributed by atoms with Crippen molar-refractivity contribution in [3.63, 3.8) is 0 Å². The molecule has 0 spiro atoms. The van der Waals surface area contributed by atoms with Crippen molar-refractivity contribution in [1.82, 2.24) is 5.32 Å². The van der Waals surface area contributed by atoms with Crippen LogP contribution in [0.15, 0.2) is 18.2 Å². The molecule has 0 aromatic heterocycles. The zero-order chi connectivity index (χ0) is 15.5. The van der Waals surface area contributed by atoms with Crippen LogP contribution in [0.3, 0.4) is 0 Å². The number of aliphatic hydroxyl groups is 1. The molecule has 21 heavy (non-hydrogen) atoms. The minimum absolute atomic E-state index is 0.143. The maximum atomic E-state index is 14.0. The van der Waals surface area contributed by atoms with Crippen molar-refractivity contribution in [1.29, 1.82) is 5.26 Å². The SMILES string of the molecule is CC(NCC1(C)CCCCC1O)c1ccc(C#N)cc1F. The van der Waals surface area contributed by atoms with Gasteiger partial charge >= 0.3 is 0 Å². The van der Waals surface area contributed by atoms with Gasteiger partial charge in [-0.3, -0.25) is 0 Å². The molecule has 3 unspecified atom stereocenters. The number of benzene rings is 1. The molecule has 0 aliphatic heterocycles. The van der Waals surface area contributed by atoms with Crippen LogP contribution in [0.1, 0.15) is 56.7 Å². The molecular formula is C17H23FN2O. The monoisotopic (exact) mass is 290 g/mol. The first-order valence-corrected chi connectivity index (χ1v) is 7.57. The minimum atomic E-state index is -0.358. The number of hydrogen-bond donors (Lipinski definition) is 2. The van der Waals surface area contributed by atoms with Gasteiger partial charge in [0.1, 0.15) is 5.82 Å². The lowest BCUT2D eigenvalue weighted by molar-refractivity contribution is -0.0000607. The van der Waals surface area contributed by atoms with Crippen LogP contribution in [-0.4, -0.2) is 17.8 Å². The van der Waals surface area contributed by atoms with Crippen molar-refractivity contribution in [2.45, 2.75) is 51.7 Å². The Morgan fingerprint density at radius 1 is 1.52 bits per heavy atom. The van der Waals surface area contributed by atoms with Crippen molar-refractivity contribution in [3.05, 3.63) is 35.1 Å². The van der Waals surface area contributed by atoms with Crippen LogP contribution in [0.25, 0.3) is 0 Å². The molecular weight excluding hydrogens is 267 g/mol. The van der Waals surface area contributed by atoms with E-state index in [1.54, 1.807) is 12.1 Å². The number of nitrogens with one attached hydrogen (secondary N) is 1. The van der Waals surface area contributed by atoms with E-state index in [0.717, 1.165) is 25.7 Å². The van der Waals surface area contributed by atoms with E-state index >= 15 is 0 Å². The second kappa shape index (κ2) is 6.55. The lowest BCUT2D eigenvalue weighted by Gasteiger charge is -2.39. The van der Waals surface area contributed by atoms with Crippen LogP contribution < -0.4 is 5.32 Å².